The molecule has 0 saturated heterocycles. The van der Waals surface area contributed by atoms with Gasteiger partial charge in [-0.3, -0.25) is 14.6 Å². The first kappa shape index (κ1) is 21.2. The Morgan fingerprint density at radius 2 is 1.77 bits per heavy atom. The molecule has 0 unspecified atom stereocenters. The van der Waals surface area contributed by atoms with E-state index in [2.05, 4.69) is 15.0 Å². The van der Waals surface area contributed by atoms with Gasteiger partial charge in [0, 0.05) is 18.0 Å². The summed E-state index contributed by atoms with van der Waals surface area (Å²) in [6.45, 7) is 2.92. The number of pyridine rings is 1. The summed E-state index contributed by atoms with van der Waals surface area (Å²) in [6, 6.07) is 5.96. The number of alkyl halides is 3. The highest BCUT2D eigenvalue weighted by Crippen LogP contribution is 2.38. The summed E-state index contributed by atoms with van der Waals surface area (Å²) < 4.78 is 89.0. The molecule has 3 rings (SSSR count). The van der Waals surface area contributed by atoms with E-state index >= 15 is 4.39 Å². The molecule has 0 aliphatic rings. The summed E-state index contributed by atoms with van der Waals surface area (Å²) in [4.78, 5) is 28.4. The van der Waals surface area contributed by atoms with E-state index in [1.54, 1.807) is 6.92 Å². The van der Waals surface area contributed by atoms with Crippen LogP contribution in [-0.4, -0.2) is 30.2 Å². The van der Waals surface area contributed by atoms with Crippen LogP contribution < -0.4 is 25.3 Å². The normalized spacial score (nSPS) is 12.7. The first-order chi connectivity index (χ1) is 17.5. The third-order valence-corrected chi connectivity index (χ3v) is 4.61. The Morgan fingerprint density at radius 1 is 1.06 bits per heavy atom. The van der Waals surface area contributed by atoms with Crippen LogP contribution in [0.15, 0.2) is 42.6 Å². The van der Waals surface area contributed by atoms with Crippen LogP contribution in [0.3, 0.4) is 0 Å². The minimum absolute atomic E-state index is 0.0414. The van der Waals surface area contributed by atoms with Gasteiger partial charge in [0.15, 0.2) is 11.5 Å². The molecule has 0 atom stereocenters. The van der Waals surface area contributed by atoms with Gasteiger partial charge < -0.3 is 25.3 Å². The van der Waals surface area contributed by atoms with E-state index in [4.69, 9.17) is 19.3 Å². The van der Waals surface area contributed by atoms with Crippen molar-refractivity contribution >= 4 is 17.5 Å². The van der Waals surface area contributed by atoms with Gasteiger partial charge in [0.2, 0.25) is 0 Å². The summed E-state index contributed by atoms with van der Waals surface area (Å²) in [5.74, 6) is -5.29. The van der Waals surface area contributed by atoms with E-state index in [-0.39, 0.29) is 16.9 Å². The number of carbonyl (C=O) groups excluding carboxylic acids is 2. The molecule has 2 aromatic carbocycles. The number of methoxy groups -OCH3 is 1. The van der Waals surface area contributed by atoms with Crippen molar-refractivity contribution in [3.05, 3.63) is 70.8 Å². The number of hydrogen-bond acceptors (Lipinski definition) is 6. The number of aromatic nitrogens is 1. The van der Waals surface area contributed by atoms with Crippen LogP contribution in [0, 0.1) is 19.7 Å². The number of primary amides is 1. The fraction of sp³-hybridized carbons (Fsp3) is 0.174. The number of nitrogens with two attached hydrogens (primary N) is 1. The van der Waals surface area contributed by atoms with Crippen LogP contribution in [0.5, 0.6) is 23.0 Å². The maximum atomic E-state index is 15.2. The molecule has 0 fully saturated rings. The molecular formula is C23H19F4N3O5. The van der Waals surface area contributed by atoms with Gasteiger partial charge in [0.25, 0.3) is 11.8 Å². The molecule has 0 saturated carbocycles. The van der Waals surface area contributed by atoms with Crippen molar-refractivity contribution < 1.29 is 45.5 Å². The van der Waals surface area contributed by atoms with Crippen molar-refractivity contribution in [1.29, 1.82) is 0 Å². The minimum Gasteiger partial charge on any atom is -0.493 e. The molecule has 0 radical (unpaired) electrons. The SMILES string of the molecule is [2H]C([2H])([2H])Oc1cc(OC(F)(F)F)ccc1Oc1ccc(C)c(F)c1C(=O)Nc1cc(C(N)=O)ncc1C. The topological polar surface area (TPSA) is 113 Å². The molecule has 184 valence electrons. The number of nitrogens with one attached hydrogen (secondary N) is 1. The Labute approximate surface area is 200 Å². The standard InChI is InChI=1S/C23H19F4N3O5/c1-11-4-6-17(34-16-7-5-13(8-18(16)33-3)35-23(25,26)27)19(20(11)24)22(32)30-14-9-15(21(28)31)29-10-12(14)2/h4-10H,1-3H3,(H2,28,31)(H,29,30,32)/i3D3. The minimum atomic E-state index is -5.08. The lowest BCUT2D eigenvalue weighted by atomic mass is 10.1. The first-order valence-corrected chi connectivity index (χ1v) is 9.67. The van der Waals surface area contributed by atoms with Crippen LogP contribution >= 0.6 is 0 Å². The van der Waals surface area contributed by atoms with Crippen LogP contribution in [0.4, 0.5) is 23.2 Å². The predicted molar refractivity (Wildman–Crippen MR) is 116 cm³/mol. The van der Waals surface area contributed by atoms with Gasteiger partial charge in [-0.2, -0.15) is 0 Å². The lowest BCUT2D eigenvalue weighted by Gasteiger charge is -2.17. The zero-order valence-electron chi connectivity index (χ0n) is 21.1. The number of hydrogen-bond donors (Lipinski definition) is 2. The number of rotatable bonds is 7. The fourth-order valence-corrected chi connectivity index (χ4v) is 2.91. The maximum absolute atomic E-state index is 15.2. The predicted octanol–water partition coefficient (Wildman–Crippen LogP) is 4.89. The highest BCUT2D eigenvalue weighted by atomic mass is 19.4. The second-order valence-electron chi connectivity index (χ2n) is 7.13. The van der Waals surface area contributed by atoms with Gasteiger partial charge >= 0.3 is 6.36 Å². The third kappa shape index (κ3) is 5.96. The molecule has 0 aliphatic heterocycles. The Bertz CT molecular complexity index is 1400. The molecule has 35 heavy (non-hydrogen) atoms. The molecule has 3 N–H and O–H groups in total. The van der Waals surface area contributed by atoms with E-state index in [1.807, 2.05) is 0 Å². The first-order valence-electron chi connectivity index (χ1n) is 11.2. The molecular weight excluding hydrogens is 474 g/mol. The number of benzene rings is 2. The maximum Gasteiger partial charge on any atom is 0.573 e. The monoisotopic (exact) mass is 496 g/mol. The number of amides is 2. The quantitative estimate of drug-likeness (QED) is 0.451. The number of carbonyl (C=O) groups is 2. The molecule has 1 aromatic heterocycles. The van der Waals surface area contributed by atoms with E-state index in [0.29, 0.717) is 11.6 Å². The van der Waals surface area contributed by atoms with Crippen molar-refractivity contribution in [2.24, 2.45) is 5.73 Å². The largest absolute Gasteiger partial charge is 0.573 e. The van der Waals surface area contributed by atoms with Crippen molar-refractivity contribution in [1.82, 2.24) is 4.98 Å². The molecule has 12 heteroatoms. The van der Waals surface area contributed by atoms with Crippen molar-refractivity contribution in [2.75, 3.05) is 12.4 Å². The van der Waals surface area contributed by atoms with E-state index in [0.717, 1.165) is 12.1 Å². The molecule has 2 amide bonds. The average molecular weight is 496 g/mol. The summed E-state index contributed by atoms with van der Waals surface area (Å²) in [5.41, 5.74) is 4.96. The molecule has 1 heterocycles. The van der Waals surface area contributed by atoms with E-state index in [9.17, 15) is 22.8 Å². The van der Waals surface area contributed by atoms with Crippen LogP contribution in [0.2, 0.25) is 0 Å². The number of halogens is 4. The molecule has 0 bridgehead atoms. The Kier molecular flexibility index (Phi) is 5.98. The second kappa shape index (κ2) is 9.87. The third-order valence-electron chi connectivity index (χ3n) is 4.61. The summed E-state index contributed by atoms with van der Waals surface area (Å²) in [5, 5.41) is 2.43. The van der Waals surface area contributed by atoms with Crippen LogP contribution in [0.1, 0.15) is 36.1 Å². The van der Waals surface area contributed by atoms with Crippen molar-refractivity contribution in [3.8, 4) is 23.0 Å². The summed E-state index contributed by atoms with van der Waals surface area (Å²) in [6.07, 6.45) is -3.81. The Morgan fingerprint density at radius 3 is 2.43 bits per heavy atom. The van der Waals surface area contributed by atoms with Gasteiger partial charge in [-0.25, -0.2) is 4.39 Å². The second-order valence-corrected chi connectivity index (χ2v) is 7.13. The molecule has 3 aromatic rings. The smallest absolute Gasteiger partial charge is 0.493 e. The molecule has 8 nitrogen and oxygen atoms in total. The number of anilines is 1. The van der Waals surface area contributed by atoms with Gasteiger partial charge in [-0.15, -0.1) is 13.2 Å². The van der Waals surface area contributed by atoms with Crippen molar-refractivity contribution in [3.63, 3.8) is 0 Å². The molecule has 0 spiro atoms. The highest BCUT2D eigenvalue weighted by molar-refractivity contribution is 6.07. The van der Waals surface area contributed by atoms with Crippen LogP contribution in [0.25, 0.3) is 0 Å². The van der Waals surface area contributed by atoms with E-state index in [1.165, 1.54) is 31.3 Å². The lowest BCUT2D eigenvalue weighted by Crippen LogP contribution is -2.18. The number of ether oxygens (including phenoxy) is 3. The number of nitrogens with zero attached hydrogens (tertiary/aromatic N) is 1. The van der Waals surface area contributed by atoms with Gasteiger partial charge in [-0.1, -0.05) is 6.07 Å². The highest BCUT2D eigenvalue weighted by Gasteiger charge is 2.31. The van der Waals surface area contributed by atoms with Crippen molar-refractivity contribution in [2.45, 2.75) is 20.2 Å². The zero-order chi connectivity index (χ0) is 28.4. The summed E-state index contributed by atoms with van der Waals surface area (Å²) >= 11 is 0. The molecule has 0 aliphatic carbocycles. The van der Waals surface area contributed by atoms with Gasteiger partial charge in [-0.05, 0) is 49.2 Å². The van der Waals surface area contributed by atoms with Crippen LogP contribution in [-0.2, 0) is 0 Å². The fourth-order valence-electron chi connectivity index (χ4n) is 2.91. The Hall–Kier alpha value is -4.35. The van der Waals surface area contributed by atoms with Gasteiger partial charge in [0.1, 0.15) is 28.6 Å². The van der Waals surface area contributed by atoms with Gasteiger partial charge in [0.05, 0.1) is 11.2 Å². The lowest BCUT2D eigenvalue weighted by molar-refractivity contribution is -0.274. The average Bonchev–Trinajstić information content (AvgIpc) is 2.77. The van der Waals surface area contributed by atoms with E-state index < -0.39 is 59.6 Å². The summed E-state index contributed by atoms with van der Waals surface area (Å²) in [7, 11) is -3.11. The number of aryl methyl sites for hydroxylation is 2. The zero-order valence-corrected chi connectivity index (χ0v) is 18.1. The Balaban J connectivity index is 2.04.